The zero-order chi connectivity index (χ0) is 15.1. The minimum atomic E-state index is -1.20. The average Bonchev–Trinajstić information content (AvgIpc) is 2.97. The van der Waals surface area contributed by atoms with Crippen LogP contribution in [0.1, 0.15) is 22.7 Å². The van der Waals surface area contributed by atoms with Crippen molar-refractivity contribution >= 4 is 17.7 Å². The van der Waals surface area contributed by atoms with Crippen LogP contribution in [0, 0.1) is 0 Å². The first-order valence-electron chi connectivity index (χ1n) is 6.24. The molecule has 0 atom stereocenters. The third-order valence-corrected chi connectivity index (χ3v) is 2.60. The van der Waals surface area contributed by atoms with Gasteiger partial charge in [-0.25, -0.2) is 19.6 Å². The molecular formula is C12H14N6O3. The van der Waals surface area contributed by atoms with E-state index in [2.05, 4.69) is 30.8 Å². The van der Waals surface area contributed by atoms with Crippen LogP contribution in [-0.2, 0) is 6.42 Å². The predicted molar refractivity (Wildman–Crippen MR) is 72.9 cm³/mol. The molecule has 0 aliphatic carbocycles. The lowest BCUT2D eigenvalue weighted by molar-refractivity contribution is 0.0691. The van der Waals surface area contributed by atoms with Gasteiger partial charge >= 0.3 is 12.0 Å². The standard InChI is InChI=1S/C12H14N6O3/c19-11(20)10-8(3-1-5-13-10)17-12(21)14-6-2-4-9-15-7-16-18-9/h1,3,5,7H,2,4,6H2,(H,19,20)(H2,14,17,21)(H,15,16,18). The van der Waals surface area contributed by atoms with Crippen molar-refractivity contribution in [1.29, 1.82) is 0 Å². The molecule has 0 saturated carbocycles. The molecule has 9 heteroatoms. The van der Waals surface area contributed by atoms with Crippen molar-refractivity contribution in [2.45, 2.75) is 12.8 Å². The summed E-state index contributed by atoms with van der Waals surface area (Å²) in [6.07, 6.45) is 4.12. The van der Waals surface area contributed by atoms with Gasteiger partial charge in [0.25, 0.3) is 0 Å². The van der Waals surface area contributed by atoms with E-state index in [4.69, 9.17) is 5.11 Å². The first kappa shape index (κ1) is 14.4. The molecule has 0 radical (unpaired) electrons. The molecule has 0 spiro atoms. The van der Waals surface area contributed by atoms with E-state index < -0.39 is 12.0 Å². The number of pyridine rings is 1. The fourth-order valence-corrected chi connectivity index (χ4v) is 1.65. The van der Waals surface area contributed by atoms with Crippen LogP contribution in [-0.4, -0.2) is 43.8 Å². The number of amides is 2. The number of aromatic amines is 1. The van der Waals surface area contributed by atoms with Gasteiger partial charge in [0.05, 0.1) is 5.69 Å². The van der Waals surface area contributed by atoms with E-state index in [9.17, 15) is 9.59 Å². The summed E-state index contributed by atoms with van der Waals surface area (Å²) in [7, 11) is 0. The van der Waals surface area contributed by atoms with Gasteiger partial charge in [0.15, 0.2) is 5.69 Å². The van der Waals surface area contributed by atoms with E-state index in [1.54, 1.807) is 6.07 Å². The molecule has 0 saturated heterocycles. The summed E-state index contributed by atoms with van der Waals surface area (Å²) in [4.78, 5) is 30.3. The number of carboxylic acids is 1. The van der Waals surface area contributed by atoms with E-state index in [0.29, 0.717) is 19.4 Å². The number of carboxylic acid groups (broad SMARTS) is 1. The summed E-state index contributed by atoms with van der Waals surface area (Å²) >= 11 is 0. The van der Waals surface area contributed by atoms with Crippen LogP contribution in [0.25, 0.3) is 0 Å². The largest absolute Gasteiger partial charge is 0.476 e. The smallest absolute Gasteiger partial charge is 0.356 e. The third kappa shape index (κ3) is 4.27. The van der Waals surface area contributed by atoms with Gasteiger partial charge in [-0.3, -0.25) is 5.10 Å². The lowest BCUT2D eigenvalue weighted by atomic mass is 10.3. The molecule has 0 aliphatic heterocycles. The number of anilines is 1. The fraction of sp³-hybridized carbons (Fsp3) is 0.250. The molecule has 0 fully saturated rings. The Kier molecular flexibility index (Phi) is 4.80. The van der Waals surface area contributed by atoms with Crippen molar-refractivity contribution in [2.75, 3.05) is 11.9 Å². The summed E-state index contributed by atoms with van der Waals surface area (Å²) in [5.74, 6) is -0.450. The maximum atomic E-state index is 11.7. The van der Waals surface area contributed by atoms with Crippen LogP contribution in [0.15, 0.2) is 24.7 Å². The Morgan fingerprint density at radius 2 is 2.19 bits per heavy atom. The number of aryl methyl sites for hydroxylation is 1. The monoisotopic (exact) mass is 290 g/mol. The molecule has 110 valence electrons. The predicted octanol–water partition coefficient (Wildman–Crippen LogP) is 0.652. The number of rotatable bonds is 6. The molecule has 0 aliphatic rings. The lowest BCUT2D eigenvalue weighted by Crippen LogP contribution is -2.30. The molecule has 2 rings (SSSR count). The molecule has 0 aromatic carbocycles. The molecule has 9 nitrogen and oxygen atoms in total. The Labute approximate surface area is 119 Å². The van der Waals surface area contributed by atoms with Crippen LogP contribution >= 0.6 is 0 Å². The normalized spacial score (nSPS) is 10.1. The highest BCUT2D eigenvalue weighted by Crippen LogP contribution is 2.11. The average molecular weight is 290 g/mol. The number of nitrogens with one attached hydrogen (secondary N) is 3. The first-order valence-corrected chi connectivity index (χ1v) is 6.24. The molecule has 0 unspecified atom stereocenters. The van der Waals surface area contributed by atoms with E-state index in [1.165, 1.54) is 18.6 Å². The molecule has 2 heterocycles. The van der Waals surface area contributed by atoms with Crippen molar-refractivity contribution in [3.63, 3.8) is 0 Å². The Bertz CT molecular complexity index is 613. The lowest BCUT2D eigenvalue weighted by Gasteiger charge is -2.08. The van der Waals surface area contributed by atoms with Crippen molar-refractivity contribution < 1.29 is 14.7 Å². The van der Waals surface area contributed by atoms with Gasteiger partial charge in [-0.1, -0.05) is 0 Å². The number of aromatic nitrogens is 4. The minimum Gasteiger partial charge on any atom is -0.476 e. The number of carbonyl (C=O) groups excluding carboxylic acids is 1. The molecular weight excluding hydrogens is 276 g/mol. The number of urea groups is 1. The third-order valence-electron chi connectivity index (χ3n) is 2.60. The second-order valence-electron chi connectivity index (χ2n) is 4.12. The van der Waals surface area contributed by atoms with Gasteiger partial charge in [0.2, 0.25) is 0 Å². The van der Waals surface area contributed by atoms with Gasteiger partial charge in [-0.05, 0) is 18.6 Å². The summed E-state index contributed by atoms with van der Waals surface area (Å²) in [6, 6.07) is 2.54. The molecule has 2 aromatic heterocycles. The van der Waals surface area contributed by atoms with Gasteiger partial charge < -0.3 is 15.7 Å². The second-order valence-corrected chi connectivity index (χ2v) is 4.12. The maximum absolute atomic E-state index is 11.7. The van der Waals surface area contributed by atoms with Gasteiger partial charge in [0, 0.05) is 19.2 Å². The van der Waals surface area contributed by atoms with Crippen LogP contribution in [0.2, 0.25) is 0 Å². The van der Waals surface area contributed by atoms with E-state index in [1.807, 2.05) is 0 Å². The van der Waals surface area contributed by atoms with Crippen molar-refractivity contribution in [2.24, 2.45) is 0 Å². The molecule has 2 amide bonds. The topological polar surface area (TPSA) is 133 Å². The summed E-state index contributed by atoms with van der Waals surface area (Å²) in [6.45, 7) is 0.426. The molecule has 0 bridgehead atoms. The highest BCUT2D eigenvalue weighted by molar-refractivity contribution is 5.98. The van der Waals surface area contributed by atoms with Crippen molar-refractivity contribution in [3.05, 3.63) is 36.2 Å². The SMILES string of the molecule is O=C(NCCCc1ncn[nH]1)Nc1cccnc1C(=O)O. The Hall–Kier alpha value is -2.97. The van der Waals surface area contributed by atoms with E-state index in [0.717, 1.165) is 5.82 Å². The van der Waals surface area contributed by atoms with Crippen LogP contribution in [0.4, 0.5) is 10.5 Å². The molecule has 4 N–H and O–H groups in total. The minimum absolute atomic E-state index is 0.151. The Balaban J connectivity index is 1.78. The number of hydrogen-bond acceptors (Lipinski definition) is 5. The maximum Gasteiger partial charge on any atom is 0.356 e. The zero-order valence-electron chi connectivity index (χ0n) is 11.0. The zero-order valence-corrected chi connectivity index (χ0v) is 11.0. The molecule has 2 aromatic rings. The summed E-state index contributed by atoms with van der Waals surface area (Å²) < 4.78 is 0. The summed E-state index contributed by atoms with van der Waals surface area (Å²) in [5.41, 5.74) is -0.0490. The van der Waals surface area contributed by atoms with Crippen molar-refractivity contribution in [3.8, 4) is 0 Å². The van der Waals surface area contributed by atoms with Crippen LogP contribution in [0.5, 0.6) is 0 Å². The van der Waals surface area contributed by atoms with Gasteiger partial charge in [0.1, 0.15) is 12.2 Å². The van der Waals surface area contributed by atoms with Gasteiger partial charge in [-0.2, -0.15) is 5.10 Å². The first-order chi connectivity index (χ1) is 10.2. The van der Waals surface area contributed by atoms with Gasteiger partial charge in [-0.15, -0.1) is 0 Å². The number of nitrogens with zero attached hydrogens (tertiary/aromatic N) is 3. The number of aromatic carboxylic acids is 1. The fourth-order valence-electron chi connectivity index (χ4n) is 1.65. The summed E-state index contributed by atoms with van der Waals surface area (Å²) in [5, 5.41) is 20.5. The number of H-pyrrole nitrogens is 1. The Morgan fingerprint density at radius 1 is 1.33 bits per heavy atom. The van der Waals surface area contributed by atoms with E-state index in [-0.39, 0.29) is 11.4 Å². The number of carbonyl (C=O) groups is 2. The molecule has 21 heavy (non-hydrogen) atoms. The Morgan fingerprint density at radius 3 is 2.90 bits per heavy atom. The van der Waals surface area contributed by atoms with Crippen molar-refractivity contribution in [1.82, 2.24) is 25.5 Å². The highest BCUT2D eigenvalue weighted by Gasteiger charge is 2.12. The van der Waals surface area contributed by atoms with E-state index >= 15 is 0 Å². The quantitative estimate of drug-likeness (QED) is 0.577. The highest BCUT2D eigenvalue weighted by atomic mass is 16.4. The van der Waals surface area contributed by atoms with Crippen LogP contribution in [0.3, 0.4) is 0 Å². The number of hydrogen-bond donors (Lipinski definition) is 4. The second kappa shape index (κ2) is 6.98. The van der Waals surface area contributed by atoms with Crippen LogP contribution < -0.4 is 10.6 Å².